The van der Waals surface area contributed by atoms with Gasteiger partial charge in [0.25, 0.3) is 0 Å². The number of carboxylic acid groups (broad SMARTS) is 5. The molecule has 1 fully saturated rings. The van der Waals surface area contributed by atoms with Crippen LogP contribution >= 0.6 is 12.6 Å². The number of carbonyl (C=O) groups is 22. The smallest absolute Gasteiger partial charge is 0.327 e. The molecule has 1 aliphatic rings. The Morgan fingerprint density at radius 3 is 1.12 bits per heavy atom. The molecule has 0 unspecified atom stereocenters. The molecule has 1 rings (SSSR count). The average Bonchev–Trinajstić information content (AvgIpc) is 1.67. The van der Waals surface area contributed by atoms with Crippen molar-refractivity contribution in [1.29, 1.82) is 0 Å². The van der Waals surface area contributed by atoms with Crippen LogP contribution in [0.1, 0.15) is 206 Å². The van der Waals surface area contributed by atoms with Gasteiger partial charge in [0.1, 0.15) is 96.7 Å². The van der Waals surface area contributed by atoms with Crippen molar-refractivity contribution in [3.05, 3.63) is 0 Å². The molecule has 1 saturated heterocycles. The molecule has 21 atom stereocenters. The van der Waals surface area contributed by atoms with Crippen LogP contribution in [-0.2, 0) is 105 Å². The van der Waals surface area contributed by atoms with Crippen LogP contribution in [0.25, 0.3) is 0 Å². The maximum atomic E-state index is 15.0. The predicted octanol–water partition coefficient (Wildman–Crippen LogP) is -8.67. The van der Waals surface area contributed by atoms with Crippen molar-refractivity contribution in [1.82, 2.24) is 90.0 Å². The van der Waals surface area contributed by atoms with E-state index in [0.29, 0.717) is 12.8 Å². The van der Waals surface area contributed by atoms with Gasteiger partial charge in [0.2, 0.25) is 100 Å². The van der Waals surface area contributed by atoms with Gasteiger partial charge in [-0.15, -0.1) is 0 Å². The molecule has 0 saturated carbocycles. The van der Waals surface area contributed by atoms with Crippen LogP contribution in [0.2, 0.25) is 0 Å². The number of aliphatic hydroxyl groups is 3. The Balaban J connectivity index is 3.56. The number of nitrogens with zero attached hydrogens (tertiary/aromatic N) is 2. The molecule has 17 amide bonds. The molecule has 0 aliphatic carbocycles. The fraction of sp³-hybridized carbons (Fsp3) is 0.723. The number of thiol groups is 1. The maximum Gasteiger partial charge on any atom is 0.327 e. The first kappa shape index (κ1) is 122. The number of rotatable bonds is 65. The molecule has 770 valence electrons. The summed E-state index contributed by atoms with van der Waals surface area (Å²) >= 11 is 3.86. The van der Waals surface area contributed by atoms with Crippen molar-refractivity contribution in [3.63, 3.8) is 0 Å². The van der Waals surface area contributed by atoms with Crippen LogP contribution in [0.5, 0.6) is 0 Å². The quantitative estimate of drug-likeness (QED) is 0.0116. The number of hydrogen-bond acceptors (Lipinski definition) is 29. The zero-order chi connectivity index (χ0) is 104. The normalized spacial score (nSPS) is 16.8. The van der Waals surface area contributed by atoms with Gasteiger partial charge in [-0.3, -0.25) is 106 Å². The highest BCUT2D eigenvalue weighted by atomic mass is 32.1. The number of aliphatic hydroxyl groups excluding tert-OH is 3. The second-order valence-corrected chi connectivity index (χ2v) is 34.9. The first-order valence-corrected chi connectivity index (χ1v) is 45.5. The minimum absolute atomic E-state index is 0.0175. The minimum atomic E-state index is -2.02. The second-order valence-electron chi connectivity index (χ2n) is 34.5. The van der Waals surface area contributed by atoms with E-state index in [2.05, 4.69) is 103 Å². The molecule has 53 heteroatoms. The summed E-state index contributed by atoms with van der Waals surface area (Å²) in [6.07, 6.45) is -10.1. The van der Waals surface area contributed by atoms with Gasteiger partial charge in [0.05, 0.1) is 30.9 Å². The molecule has 0 radical (unpaired) electrons. The largest absolute Gasteiger partial charge is 0.481 e. The Labute approximate surface area is 792 Å². The third-order valence-electron chi connectivity index (χ3n) is 21.5. The first-order chi connectivity index (χ1) is 63.4. The summed E-state index contributed by atoms with van der Waals surface area (Å²) in [5.74, 6) is -28.6. The Kier molecular flexibility index (Phi) is 55.2. The van der Waals surface area contributed by atoms with Crippen molar-refractivity contribution < 1.29 is 146 Å². The molecule has 0 bridgehead atoms. The zero-order valence-electron chi connectivity index (χ0n) is 78.8. The van der Waals surface area contributed by atoms with E-state index in [9.17, 15) is 146 Å². The van der Waals surface area contributed by atoms with Gasteiger partial charge < -0.3 is 154 Å². The molecule has 0 spiro atoms. The maximum absolute atomic E-state index is 15.0. The summed E-state index contributed by atoms with van der Waals surface area (Å²) in [7, 11) is 0. The fourth-order valence-electron chi connectivity index (χ4n) is 13.5. The number of amides is 17. The van der Waals surface area contributed by atoms with E-state index in [-0.39, 0.29) is 82.9 Å². The lowest BCUT2D eigenvalue weighted by atomic mass is 9.95. The highest BCUT2D eigenvalue weighted by Gasteiger charge is 2.45. The third kappa shape index (κ3) is 44.9. The standard InChI is InChI=1S/C83H142N22O30S/c1-14-40(8)62(81(133)105-32-18-21-55(105)76(128)98-53(34-38(4)5)75(127)104-64(44(12)107)79(131)95-50(24-28-59(114)115)71(123)93-48(22-26-57(110)111)70(122)91-41(9)66(118)92-49(23-27-58(112)113)72(124)99-54(36-136)82(134)135)102-77(129)61(39(6)7)101-73(125)51(25-29-60(116)117)96-80(132)65(45(13)108)103-74(126)52(33-37(2)3)97-67(119)42(10)90-69(121)47(20-15-16-30-84)94-78(130)63(43(11)106)100-56(109)35-89-68(120)46(85)19-17-31-88-83(86)87/h37-55,61-65,106-108,136H,14-36,84-85H2,1-13H3,(H,89,120)(H,90,121)(H,91,122)(H,92,118)(H,93,123)(H,94,130)(H,95,131)(H,96,132)(H,97,119)(H,98,128)(H,99,124)(H,100,109)(H,101,125)(H,102,129)(H,103,126)(H,104,127)(H,110,111)(H,112,113)(H,114,115)(H,116,117)(H,134,135)(H4,86,87,88)/t40-,41-,42-,43+,44+,45+,46-,47-,48-,49-,50-,51-,52-,53-,54-,55-,61-,62-,63-,64-,65-/m0/s1. The number of aliphatic imine (C=N–C) groups is 1. The molecule has 0 aromatic carbocycles. The van der Waals surface area contributed by atoms with Crippen LogP contribution in [0, 0.1) is 23.7 Å². The third-order valence-corrected chi connectivity index (χ3v) is 21.8. The predicted molar refractivity (Wildman–Crippen MR) is 486 cm³/mol. The highest BCUT2D eigenvalue weighted by molar-refractivity contribution is 7.80. The van der Waals surface area contributed by atoms with Gasteiger partial charge in [-0.05, 0) is 148 Å². The van der Waals surface area contributed by atoms with Gasteiger partial charge in [0, 0.05) is 44.5 Å². The Morgan fingerprint density at radius 1 is 0.397 bits per heavy atom. The fourth-order valence-corrected chi connectivity index (χ4v) is 13.8. The van der Waals surface area contributed by atoms with Crippen LogP contribution in [0.3, 0.4) is 0 Å². The average molecular weight is 1960 g/mol. The van der Waals surface area contributed by atoms with Crippen LogP contribution in [0.4, 0.5) is 0 Å². The lowest BCUT2D eigenvalue weighted by molar-refractivity contribution is -0.144. The SMILES string of the molecule is CC[C@H](C)[C@H](NC(=O)[C@@H](NC(=O)[C@H](CCC(=O)O)NC(=O)[C@@H](NC(=O)[C@H](CC(C)C)NC(=O)[C@H](C)NC(=O)[C@H](CCCCN)NC(=O)[C@@H](NC(=O)CNC(=O)[C@@H](N)CCCN=C(N)N)[C@@H](C)O)[C@@H](C)O)C(C)C)C(=O)N1CCC[C@H]1C(=O)N[C@@H](CC(C)C)C(=O)N[C@H](C(=O)N[C@@H](CCC(=O)O)C(=O)N[C@@H](CCC(=O)O)C(=O)N[C@@H](C)C(=O)N[C@@H](CCC(=O)O)C(=O)N[C@@H](CS)C(=O)O)[C@@H](C)O. The van der Waals surface area contributed by atoms with Crippen LogP contribution < -0.4 is 108 Å². The summed E-state index contributed by atoms with van der Waals surface area (Å²) in [6.45, 7) is 18.0. The second kappa shape index (κ2) is 61.7. The topological polar surface area (TPSA) is 850 Å². The summed E-state index contributed by atoms with van der Waals surface area (Å²) in [5.41, 5.74) is 22.2. The van der Waals surface area contributed by atoms with Gasteiger partial charge in [-0.2, -0.15) is 12.6 Å². The summed E-state index contributed by atoms with van der Waals surface area (Å²) in [5, 5.41) is 118. The van der Waals surface area contributed by atoms with E-state index in [1.807, 2.05) is 0 Å². The molecule has 1 aliphatic heterocycles. The number of aliphatic carboxylic acids is 5. The number of nitrogens with two attached hydrogens (primary N) is 4. The molecule has 0 aromatic rings. The molecular weight excluding hydrogens is 1820 g/mol. The molecular formula is C83H142N22O30S. The minimum Gasteiger partial charge on any atom is -0.481 e. The van der Waals surface area contributed by atoms with E-state index in [0.717, 1.165) is 25.7 Å². The number of nitrogens with one attached hydrogen (secondary N) is 16. The molecule has 32 N–H and O–H groups in total. The number of carbonyl (C=O) groups excluding carboxylic acids is 17. The number of carboxylic acids is 5. The van der Waals surface area contributed by atoms with Crippen molar-refractivity contribution >= 4 is 149 Å². The summed E-state index contributed by atoms with van der Waals surface area (Å²) in [4.78, 5) is 301. The highest BCUT2D eigenvalue weighted by Crippen LogP contribution is 2.24. The lowest BCUT2D eigenvalue weighted by Crippen LogP contribution is -2.63. The Bertz CT molecular complexity index is 4140. The van der Waals surface area contributed by atoms with Crippen molar-refractivity contribution in [2.24, 2.45) is 51.6 Å². The van der Waals surface area contributed by atoms with Crippen molar-refractivity contribution in [2.45, 2.75) is 327 Å². The van der Waals surface area contributed by atoms with E-state index < -0.39 is 333 Å². The molecule has 1 heterocycles. The first-order valence-electron chi connectivity index (χ1n) is 44.8. The van der Waals surface area contributed by atoms with Crippen LogP contribution in [0.15, 0.2) is 4.99 Å². The van der Waals surface area contributed by atoms with Gasteiger partial charge in [0.15, 0.2) is 5.96 Å². The summed E-state index contributed by atoms with van der Waals surface area (Å²) in [6, 6.07) is -27.8. The number of hydrogen-bond donors (Lipinski definition) is 29. The number of likely N-dealkylation sites (tertiary alicyclic amines) is 1. The van der Waals surface area contributed by atoms with E-state index in [4.69, 9.17) is 22.9 Å². The van der Waals surface area contributed by atoms with Crippen molar-refractivity contribution in [2.75, 3.05) is 31.9 Å². The zero-order valence-corrected chi connectivity index (χ0v) is 79.7. The molecule has 52 nitrogen and oxygen atoms in total. The van der Waals surface area contributed by atoms with Crippen LogP contribution in [-0.4, -0.2) is 335 Å². The molecule has 0 aromatic heterocycles. The molecule has 136 heavy (non-hydrogen) atoms. The van der Waals surface area contributed by atoms with Gasteiger partial charge >= 0.3 is 29.8 Å². The van der Waals surface area contributed by atoms with E-state index >= 15 is 0 Å². The lowest BCUT2D eigenvalue weighted by Gasteiger charge is -2.34. The van der Waals surface area contributed by atoms with Gasteiger partial charge in [-0.25, -0.2) is 4.79 Å². The Morgan fingerprint density at radius 2 is 0.743 bits per heavy atom. The number of unbranched alkanes of at least 4 members (excludes halogenated alkanes) is 1. The number of guanidine groups is 1. The van der Waals surface area contributed by atoms with E-state index in [1.54, 1.807) is 41.5 Å². The Hall–Kier alpha value is -12.2. The van der Waals surface area contributed by atoms with Crippen molar-refractivity contribution in [3.8, 4) is 0 Å². The summed E-state index contributed by atoms with van der Waals surface area (Å²) < 4.78 is 0. The monoisotopic (exact) mass is 1960 g/mol. The van der Waals surface area contributed by atoms with Gasteiger partial charge in [-0.1, -0.05) is 61.8 Å². The van der Waals surface area contributed by atoms with E-state index in [1.165, 1.54) is 27.7 Å².